The van der Waals surface area contributed by atoms with Crippen molar-refractivity contribution < 1.29 is 41.0 Å². The molecule has 0 aliphatic rings. The van der Waals surface area contributed by atoms with Gasteiger partial charge in [-0.15, -0.1) is 0 Å². The first-order valence-corrected chi connectivity index (χ1v) is 9.18. The number of benzene rings is 2. The quantitative estimate of drug-likeness (QED) is 0.405. The summed E-state index contributed by atoms with van der Waals surface area (Å²) in [5.74, 6) is -10.4. The first-order valence-electron chi connectivity index (χ1n) is 7.74. The Morgan fingerprint density at radius 2 is 1.57 bits per heavy atom. The van der Waals surface area contributed by atoms with Crippen LogP contribution in [0.5, 0.6) is 0 Å². The van der Waals surface area contributed by atoms with Gasteiger partial charge < -0.3 is 10.2 Å². The van der Waals surface area contributed by atoms with E-state index in [9.17, 15) is 30.8 Å². The van der Waals surface area contributed by atoms with Crippen molar-refractivity contribution in [2.45, 2.75) is 17.4 Å². The Bertz CT molecular complexity index is 999. The van der Waals surface area contributed by atoms with E-state index in [0.29, 0.717) is 7.05 Å². The van der Waals surface area contributed by atoms with E-state index in [1.165, 1.54) is 24.3 Å². The van der Waals surface area contributed by atoms with E-state index in [1.807, 2.05) is 0 Å². The van der Waals surface area contributed by atoms with E-state index in [-0.39, 0.29) is 9.87 Å². The maximum atomic E-state index is 14.4. The number of hydrogen-bond acceptors (Lipinski definition) is 4. The van der Waals surface area contributed by atoms with Gasteiger partial charge in [-0.3, -0.25) is 4.79 Å². The van der Waals surface area contributed by atoms with Crippen LogP contribution in [0.3, 0.4) is 0 Å². The molecule has 0 amide bonds. The monoisotopic (exact) mass is 421 g/mol. The van der Waals surface area contributed by atoms with Gasteiger partial charge in [0.1, 0.15) is 10.9 Å². The van der Waals surface area contributed by atoms with Crippen LogP contribution >= 0.6 is 0 Å². The third kappa shape index (κ3) is 3.86. The first kappa shape index (κ1) is 21.8. The van der Waals surface area contributed by atoms with Crippen LogP contribution in [0.15, 0.2) is 35.2 Å². The molecule has 0 radical (unpaired) electrons. The van der Waals surface area contributed by atoms with E-state index in [1.54, 1.807) is 6.07 Å². The van der Waals surface area contributed by atoms with E-state index in [2.05, 4.69) is 0 Å². The van der Waals surface area contributed by atoms with Crippen LogP contribution in [-0.2, 0) is 21.2 Å². The molecule has 0 fully saturated rings. The van der Waals surface area contributed by atoms with Crippen LogP contribution in [0.2, 0.25) is 0 Å². The smallest absolute Gasteiger partial charge is 0.324 e. The van der Waals surface area contributed by atoms with Crippen molar-refractivity contribution in [3.05, 3.63) is 64.7 Å². The highest BCUT2D eigenvalue weighted by atomic mass is 32.2. The average molecular weight is 421 g/mol. The molecule has 0 aliphatic heterocycles. The number of likely N-dealkylation sites (N-methyl/N-ethyl adjacent to an activating group) is 1. The SMILES string of the molecule is CN([C@@H](CO)C(=O)O)S(=O)(=O)c1c(F)c(F)c(F)c(F)c1Cc1ccccc1. The number of carbonyl (C=O) groups is 1. The van der Waals surface area contributed by atoms with Crippen LogP contribution < -0.4 is 0 Å². The summed E-state index contributed by atoms with van der Waals surface area (Å²) < 4.78 is 81.9. The third-order valence-corrected chi connectivity index (χ3v) is 6.03. The minimum atomic E-state index is -5.17. The largest absolute Gasteiger partial charge is 0.480 e. The Morgan fingerprint density at radius 3 is 2.07 bits per heavy atom. The second kappa shape index (κ2) is 8.25. The molecule has 1 atom stereocenters. The summed E-state index contributed by atoms with van der Waals surface area (Å²) in [4.78, 5) is 9.60. The molecule has 0 bridgehead atoms. The zero-order valence-corrected chi connectivity index (χ0v) is 15.2. The van der Waals surface area contributed by atoms with Crippen molar-refractivity contribution in [1.29, 1.82) is 0 Å². The molecule has 0 saturated carbocycles. The summed E-state index contributed by atoms with van der Waals surface area (Å²) in [5.41, 5.74) is -0.737. The molecule has 0 heterocycles. The normalized spacial score (nSPS) is 13.0. The Kier molecular flexibility index (Phi) is 6.42. The molecule has 28 heavy (non-hydrogen) atoms. The van der Waals surface area contributed by atoms with Gasteiger partial charge in [0.05, 0.1) is 6.61 Å². The van der Waals surface area contributed by atoms with Crippen molar-refractivity contribution in [2.24, 2.45) is 0 Å². The fourth-order valence-electron chi connectivity index (χ4n) is 2.54. The molecule has 2 aromatic rings. The standard InChI is InChI=1S/C17H15F4NO5S/c1-22(11(8-23)17(24)25)28(26,27)16-10(7-9-5-3-2-4-6-9)12(18)13(19)14(20)15(16)21/h2-6,11,23H,7-8H2,1H3,(H,24,25)/t11-/m0/s1. The first-order chi connectivity index (χ1) is 13.0. The molecule has 2 aromatic carbocycles. The van der Waals surface area contributed by atoms with E-state index < -0.39 is 68.8 Å². The summed E-state index contributed by atoms with van der Waals surface area (Å²) in [5, 5.41) is 18.1. The molecule has 0 saturated heterocycles. The molecule has 0 spiro atoms. The molecule has 6 nitrogen and oxygen atoms in total. The summed E-state index contributed by atoms with van der Waals surface area (Å²) in [6, 6.07) is 5.41. The lowest BCUT2D eigenvalue weighted by atomic mass is 10.0. The van der Waals surface area contributed by atoms with Crippen molar-refractivity contribution >= 4 is 16.0 Å². The molecule has 2 N–H and O–H groups in total. The molecule has 152 valence electrons. The van der Waals surface area contributed by atoms with Gasteiger partial charge in [-0.05, 0) is 5.56 Å². The zero-order valence-electron chi connectivity index (χ0n) is 14.4. The number of carboxylic acid groups (broad SMARTS) is 1. The highest BCUT2D eigenvalue weighted by Crippen LogP contribution is 2.32. The van der Waals surface area contributed by atoms with Gasteiger partial charge >= 0.3 is 5.97 Å². The van der Waals surface area contributed by atoms with Crippen LogP contribution in [0.25, 0.3) is 0 Å². The molecule has 0 aliphatic carbocycles. The molecule has 0 unspecified atom stereocenters. The fourth-order valence-corrected chi connectivity index (χ4v) is 4.11. The van der Waals surface area contributed by atoms with Gasteiger partial charge in [0.25, 0.3) is 0 Å². The molecule has 11 heteroatoms. The number of hydrogen-bond donors (Lipinski definition) is 2. The Balaban J connectivity index is 2.76. The lowest BCUT2D eigenvalue weighted by Crippen LogP contribution is -2.45. The topological polar surface area (TPSA) is 94.9 Å². The predicted octanol–water partition coefficient (Wildman–Crippen LogP) is 1.90. The van der Waals surface area contributed by atoms with Gasteiger partial charge in [0.15, 0.2) is 23.3 Å². The van der Waals surface area contributed by atoms with Gasteiger partial charge in [0, 0.05) is 19.0 Å². The number of halogens is 4. The van der Waals surface area contributed by atoms with Crippen LogP contribution in [0.4, 0.5) is 17.6 Å². The third-order valence-electron chi connectivity index (χ3n) is 4.07. The maximum absolute atomic E-state index is 14.4. The number of rotatable bonds is 7. The van der Waals surface area contributed by atoms with Gasteiger partial charge in [-0.1, -0.05) is 30.3 Å². The lowest BCUT2D eigenvalue weighted by Gasteiger charge is -2.24. The Hall–Kier alpha value is -2.50. The fraction of sp³-hybridized carbons (Fsp3) is 0.235. The Labute approximate surface area is 157 Å². The van der Waals surface area contributed by atoms with Crippen LogP contribution in [0, 0.1) is 23.3 Å². The molecular weight excluding hydrogens is 406 g/mol. The number of aliphatic hydroxyl groups excluding tert-OH is 1. The average Bonchev–Trinajstić information content (AvgIpc) is 2.65. The predicted molar refractivity (Wildman–Crippen MR) is 89.0 cm³/mol. The van der Waals surface area contributed by atoms with Crippen molar-refractivity contribution in [3.8, 4) is 0 Å². The highest BCUT2D eigenvalue weighted by molar-refractivity contribution is 7.89. The van der Waals surface area contributed by atoms with Crippen molar-refractivity contribution in [2.75, 3.05) is 13.7 Å². The lowest BCUT2D eigenvalue weighted by molar-refractivity contribution is -0.142. The molecule has 0 aromatic heterocycles. The van der Waals surface area contributed by atoms with Crippen LogP contribution in [-0.4, -0.2) is 48.6 Å². The molecule has 2 rings (SSSR count). The van der Waals surface area contributed by atoms with Gasteiger partial charge in [-0.2, -0.15) is 4.31 Å². The van der Waals surface area contributed by atoms with Gasteiger partial charge in [-0.25, -0.2) is 26.0 Å². The number of nitrogens with zero attached hydrogens (tertiary/aromatic N) is 1. The summed E-state index contributed by atoms with van der Waals surface area (Å²) in [6.45, 7) is -1.19. The van der Waals surface area contributed by atoms with E-state index in [4.69, 9.17) is 10.2 Å². The number of sulfonamides is 1. The minimum Gasteiger partial charge on any atom is -0.480 e. The Morgan fingerprint density at radius 1 is 1.04 bits per heavy atom. The number of carboxylic acids is 1. The zero-order chi connectivity index (χ0) is 21.2. The summed E-state index contributed by atoms with van der Waals surface area (Å²) in [7, 11) is -4.48. The second-order valence-electron chi connectivity index (χ2n) is 5.78. The van der Waals surface area contributed by atoms with Crippen molar-refractivity contribution in [1.82, 2.24) is 4.31 Å². The summed E-state index contributed by atoms with van der Waals surface area (Å²) >= 11 is 0. The van der Waals surface area contributed by atoms with E-state index >= 15 is 0 Å². The number of aliphatic hydroxyl groups is 1. The second-order valence-corrected chi connectivity index (χ2v) is 7.72. The van der Waals surface area contributed by atoms with Gasteiger partial charge in [0.2, 0.25) is 10.0 Å². The van der Waals surface area contributed by atoms with Crippen LogP contribution in [0.1, 0.15) is 11.1 Å². The maximum Gasteiger partial charge on any atom is 0.324 e. The minimum absolute atomic E-state index is 0.0546. The van der Waals surface area contributed by atoms with E-state index in [0.717, 1.165) is 0 Å². The van der Waals surface area contributed by atoms with Crippen molar-refractivity contribution in [3.63, 3.8) is 0 Å². The summed E-state index contributed by atoms with van der Waals surface area (Å²) in [6.07, 6.45) is -0.611. The highest BCUT2D eigenvalue weighted by Gasteiger charge is 2.39. The number of aliphatic carboxylic acids is 1. The molecular formula is C17H15F4NO5S.